The molecule has 0 N–H and O–H groups in total. The Hall–Kier alpha value is -2.35. The standard InChI is InChI=1S/C12H11N3O2/c1-2-7-15-9-6-4-3-5-8(9)11(16)10(14-13)12(15)17/h3-6H,2,7H2,1H3. The number of nitrogens with zero attached hydrogens (tertiary/aromatic N) is 3. The van der Waals surface area contributed by atoms with Gasteiger partial charge in [0, 0.05) is 12.3 Å². The molecule has 1 heterocycles. The fraction of sp³-hybridized carbons (Fsp3) is 0.250. The summed E-state index contributed by atoms with van der Waals surface area (Å²) < 4.78 is 1.46. The molecule has 0 amide bonds. The molecule has 0 radical (unpaired) electrons. The summed E-state index contributed by atoms with van der Waals surface area (Å²) >= 11 is 0. The Morgan fingerprint density at radius 1 is 1.41 bits per heavy atom. The molecule has 5 heteroatoms. The first-order valence-corrected chi connectivity index (χ1v) is 5.38. The van der Waals surface area contributed by atoms with E-state index < -0.39 is 17.0 Å². The number of fused-ring (bicyclic) bond motifs is 1. The minimum Gasteiger partial charge on any atom is -0.866 e. The molecule has 17 heavy (non-hydrogen) atoms. The van der Waals surface area contributed by atoms with Crippen LogP contribution in [0.1, 0.15) is 13.3 Å². The number of hydrogen-bond acceptors (Lipinski definition) is 3. The number of para-hydroxylation sites is 1. The van der Waals surface area contributed by atoms with Gasteiger partial charge in [-0.2, -0.15) is 0 Å². The number of rotatable bonds is 2. The molecule has 2 rings (SSSR count). The van der Waals surface area contributed by atoms with Crippen molar-refractivity contribution in [3.8, 4) is 5.75 Å². The monoisotopic (exact) mass is 229 g/mol. The van der Waals surface area contributed by atoms with Crippen molar-refractivity contribution in [2.75, 3.05) is 0 Å². The maximum absolute atomic E-state index is 11.9. The summed E-state index contributed by atoms with van der Waals surface area (Å²) in [6.45, 7) is 2.42. The summed E-state index contributed by atoms with van der Waals surface area (Å²) in [4.78, 5) is 14.8. The molecular weight excluding hydrogens is 218 g/mol. The van der Waals surface area contributed by atoms with Gasteiger partial charge in [0.1, 0.15) is 0 Å². The molecule has 0 aliphatic heterocycles. The lowest BCUT2D eigenvalue weighted by Crippen LogP contribution is -2.21. The summed E-state index contributed by atoms with van der Waals surface area (Å²) in [5, 5.41) is 21.0. The maximum Gasteiger partial charge on any atom is 0.442 e. The van der Waals surface area contributed by atoms with Crippen LogP contribution in [-0.2, 0) is 6.54 Å². The third kappa shape index (κ3) is 1.64. The van der Waals surface area contributed by atoms with Crippen LogP contribution in [0.2, 0.25) is 0 Å². The van der Waals surface area contributed by atoms with Crippen molar-refractivity contribution in [3.63, 3.8) is 0 Å². The molecule has 0 aliphatic carbocycles. The number of pyridine rings is 1. The van der Waals surface area contributed by atoms with Gasteiger partial charge in [0.05, 0.1) is 5.52 Å². The molecule has 0 atom stereocenters. The third-order valence-electron chi connectivity index (χ3n) is 2.65. The fourth-order valence-electron chi connectivity index (χ4n) is 1.90. The highest BCUT2D eigenvalue weighted by Gasteiger charge is 2.19. The average Bonchev–Trinajstić information content (AvgIpc) is 2.35. The molecule has 1 aromatic carbocycles. The topological polar surface area (TPSA) is 73.2 Å². The number of benzene rings is 1. The Balaban J connectivity index is 2.97. The van der Waals surface area contributed by atoms with Crippen LogP contribution in [0.4, 0.5) is 5.69 Å². The first kappa shape index (κ1) is 11.1. The molecule has 0 spiro atoms. The second kappa shape index (κ2) is 4.26. The minimum atomic E-state index is -0.543. The molecule has 86 valence electrons. The molecule has 1 aromatic heterocycles. The summed E-state index contributed by atoms with van der Waals surface area (Å²) in [5.74, 6) is -0.527. The van der Waals surface area contributed by atoms with Gasteiger partial charge in [-0.1, -0.05) is 25.1 Å². The van der Waals surface area contributed by atoms with Crippen molar-refractivity contribution in [2.45, 2.75) is 19.9 Å². The van der Waals surface area contributed by atoms with E-state index in [-0.39, 0.29) is 0 Å². The van der Waals surface area contributed by atoms with E-state index >= 15 is 0 Å². The highest BCUT2D eigenvalue weighted by Crippen LogP contribution is 2.28. The van der Waals surface area contributed by atoms with E-state index in [0.29, 0.717) is 17.4 Å². The quantitative estimate of drug-likeness (QED) is 0.739. The fourth-order valence-corrected chi connectivity index (χ4v) is 1.90. The minimum absolute atomic E-state index is 0.397. The van der Waals surface area contributed by atoms with Crippen LogP contribution in [0.3, 0.4) is 0 Å². The van der Waals surface area contributed by atoms with Crippen LogP contribution in [0.5, 0.6) is 5.75 Å². The molecule has 0 saturated carbocycles. The summed E-state index contributed by atoms with van der Waals surface area (Å²) in [7, 11) is 0. The molecular formula is C12H11N3O2. The van der Waals surface area contributed by atoms with Gasteiger partial charge in [0.15, 0.2) is 4.98 Å². The first-order chi connectivity index (χ1) is 8.20. The van der Waals surface area contributed by atoms with E-state index in [0.717, 1.165) is 6.42 Å². The van der Waals surface area contributed by atoms with Gasteiger partial charge < -0.3 is 9.67 Å². The third-order valence-corrected chi connectivity index (χ3v) is 2.65. The van der Waals surface area contributed by atoms with Gasteiger partial charge >= 0.3 is 11.2 Å². The maximum atomic E-state index is 11.9. The Kier molecular flexibility index (Phi) is 2.79. The van der Waals surface area contributed by atoms with E-state index in [1.165, 1.54) is 4.57 Å². The SMILES string of the molecule is CCCn1c(=O)c([N+]#N)c([O-])c2ccccc21. The second-order valence-electron chi connectivity index (χ2n) is 3.75. The number of aryl methyl sites for hydroxylation is 1. The van der Waals surface area contributed by atoms with Crippen LogP contribution < -0.4 is 10.7 Å². The van der Waals surface area contributed by atoms with E-state index in [1.807, 2.05) is 6.92 Å². The van der Waals surface area contributed by atoms with E-state index in [4.69, 9.17) is 5.39 Å². The first-order valence-electron chi connectivity index (χ1n) is 5.38. The van der Waals surface area contributed by atoms with Crippen molar-refractivity contribution >= 4 is 16.6 Å². The predicted octanol–water partition coefficient (Wildman–Crippen LogP) is 1.97. The van der Waals surface area contributed by atoms with Crippen molar-refractivity contribution < 1.29 is 5.11 Å². The van der Waals surface area contributed by atoms with Gasteiger partial charge in [-0.3, -0.25) is 4.79 Å². The molecule has 0 bridgehead atoms. The number of aromatic nitrogens is 1. The zero-order valence-corrected chi connectivity index (χ0v) is 9.38. The van der Waals surface area contributed by atoms with Gasteiger partial charge in [0.25, 0.3) is 0 Å². The number of diazo groups is 1. The summed E-state index contributed by atoms with van der Waals surface area (Å²) in [5.41, 5.74) is -0.382. The Morgan fingerprint density at radius 3 is 2.76 bits per heavy atom. The van der Waals surface area contributed by atoms with Gasteiger partial charge in [-0.15, -0.1) is 0 Å². The van der Waals surface area contributed by atoms with Crippen molar-refractivity contribution in [1.82, 2.24) is 4.57 Å². The Bertz CT molecular complexity index is 668. The Morgan fingerprint density at radius 2 is 2.12 bits per heavy atom. The van der Waals surface area contributed by atoms with Crippen LogP contribution in [0.15, 0.2) is 29.1 Å². The van der Waals surface area contributed by atoms with Crippen LogP contribution in [0.25, 0.3) is 15.9 Å². The van der Waals surface area contributed by atoms with Crippen LogP contribution in [-0.4, -0.2) is 4.57 Å². The van der Waals surface area contributed by atoms with Crippen molar-refractivity contribution in [1.29, 1.82) is 5.39 Å². The molecule has 0 unspecified atom stereocenters. The highest BCUT2D eigenvalue weighted by molar-refractivity contribution is 5.89. The zero-order valence-electron chi connectivity index (χ0n) is 9.38. The van der Waals surface area contributed by atoms with E-state index in [1.54, 1.807) is 24.3 Å². The lowest BCUT2D eigenvalue weighted by molar-refractivity contribution is -0.264. The van der Waals surface area contributed by atoms with Crippen LogP contribution in [0, 0.1) is 5.39 Å². The van der Waals surface area contributed by atoms with Gasteiger partial charge in [0.2, 0.25) is 5.39 Å². The molecule has 0 saturated heterocycles. The zero-order chi connectivity index (χ0) is 12.4. The van der Waals surface area contributed by atoms with Crippen molar-refractivity contribution in [3.05, 3.63) is 39.6 Å². The van der Waals surface area contributed by atoms with Crippen molar-refractivity contribution in [2.24, 2.45) is 0 Å². The molecule has 0 aliphatic rings. The lowest BCUT2D eigenvalue weighted by atomic mass is 10.1. The predicted molar refractivity (Wildman–Crippen MR) is 62.7 cm³/mol. The van der Waals surface area contributed by atoms with Crippen LogP contribution >= 0.6 is 0 Å². The summed E-state index contributed by atoms with van der Waals surface area (Å²) in [6, 6.07) is 6.82. The normalized spacial score (nSPS) is 10.4. The largest absolute Gasteiger partial charge is 0.866 e. The van der Waals surface area contributed by atoms with Gasteiger partial charge in [-0.05, 0) is 17.9 Å². The lowest BCUT2D eigenvalue weighted by Gasteiger charge is -2.12. The highest BCUT2D eigenvalue weighted by atomic mass is 16.3. The van der Waals surface area contributed by atoms with Gasteiger partial charge in [-0.25, -0.2) is 0 Å². The molecule has 2 aromatic rings. The van der Waals surface area contributed by atoms with E-state index in [9.17, 15) is 9.90 Å². The number of hydrogen-bond donors (Lipinski definition) is 0. The second-order valence-corrected chi connectivity index (χ2v) is 3.75. The molecule has 5 nitrogen and oxygen atoms in total. The van der Waals surface area contributed by atoms with E-state index in [2.05, 4.69) is 4.98 Å². The summed E-state index contributed by atoms with van der Waals surface area (Å²) in [6.07, 6.45) is 0.757. The average molecular weight is 229 g/mol. The Labute approximate surface area is 97.6 Å². The smallest absolute Gasteiger partial charge is 0.442 e. The molecule has 0 fully saturated rings.